The molecule has 1 aliphatic rings. The van der Waals surface area contributed by atoms with Gasteiger partial charge in [-0.25, -0.2) is 19.2 Å². The Morgan fingerprint density at radius 2 is 1.32 bits per heavy atom. The lowest BCUT2D eigenvalue weighted by Gasteiger charge is -2.46. The highest BCUT2D eigenvalue weighted by molar-refractivity contribution is 5.69. The predicted molar refractivity (Wildman–Crippen MR) is 123 cm³/mol. The smallest absolute Gasteiger partial charge is 0.407 e. The summed E-state index contributed by atoms with van der Waals surface area (Å²) in [6.07, 6.45) is -1.39. The molecule has 0 spiro atoms. The molecule has 0 heterocycles. The highest BCUT2D eigenvalue weighted by Gasteiger charge is 2.42. The van der Waals surface area contributed by atoms with Crippen molar-refractivity contribution in [3.63, 3.8) is 0 Å². The fourth-order valence-corrected chi connectivity index (χ4v) is 4.36. The molecule has 0 radical (unpaired) electrons. The van der Waals surface area contributed by atoms with Crippen molar-refractivity contribution in [1.82, 2.24) is 21.3 Å². The highest BCUT2D eigenvalue weighted by atomic mass is 16.6. The fraction of sp³-hybridized carbons (Fsp3) is 0.818. The molecule has 1 saturated carbocycles. The van der Waals surface area contributed by atoms with Crippen molar-refractivity contribution in [2.45, 2.75) is 72.1 Å². The van der Waals surface area contributed by atoms with E-state index in [1.54, 1.807) is 13.8 Å². The molecule has 0 bridgehead atoms. The van der Waals surface area contributed by atoms with E-state index >= 15 is 0 Å². The molecule has 4 N–H and O–H groups in total. The third-order valence-corrected chi connectivity index (χ3v) is 5.35. The molecule has 1 rings (SSSR count). The second-order valence-corrected chi connectivity index (χ2v) is 9.88. The van der Waals surface area contributed by atoms with Crippen LogP contribution in [0.3, 0.4) is 0 Å². The van der Waals surface area contributed by atoms with Crippen molar-refractivity contribution in [3.8, 4) is 0 Å². The van der Waals surface area contributed by atoms with Crippen molar-refractivity contribution in [3.05, 3.63) is 0 Å². The van der Waals surface area contributed by atoms with Crippen LogP contribution in [-0.2, 0) is 18.9 Å². The molecule has 34 heavy (non-hydrogen) atoms. The Labute approximate surface area is 201 Å². The summed E-state index contributed by atoms with van der Waals surface area (Å²) in [5.41, 5.74) is -0.381. The normalized spacial score (nSPS) is 22.9. The lowest BCUT2D eigenvalue weighted by Crippen LogP contribution is -2.51. The molecule has 1 aliphatic carbocycles. The van der Waals surface area contributed by atoms with Gasteiger partial charge in [0.1, 0.15) is 25.4 Å². The molecule has 4 atom stereocenters. The molecule has 0 aromatic carbocycles. The van der Waals surface area contributed by atoms with Crippen molar-refractivity contribution in [2.75, 3.05) is 33.9 Å². The summed E-state index contributed by atoms with van der Waals surface area (Å²) in [4.78, 5) is 46.8. The maximum atomic E-state index is 12.4. The molecule has 196 valence electrons. The van der Waals surface area contributed by atoms with Crippen LogP contribution in [0.15, 0.2) is 0 Å². The zero-order valence-electron chi connectivity index (χ0n) is 21.2. The van der Waals surface area contributed by atoms with Gasteiger partial charge in [0.05, 0.1) is 0 Å². The van der Waals surface area contributed by atoms with Gasteiger partial charge >= 0.3 is 24.4 Å². The quantitative estimate of drug-likeness (QED) is 0.361. The van der Waals surface area contributed by atoms with Gasteiger partial charge in [-0.2, -0.15) is 0 Å². The predicted octanol–water partition coefficient (Wildman–Crippen LogP) is 2.51. The first-order valence-corrected chi connectivity index (χ1v) is 11.4. The minimum atomic E-state index is -0.605. The number of carbonyl (C=O) groups excluding carboxylic acids is 4. The van der Waals surface area contributed by atoms with Gasteiger partial charge in [0.25, 0.3) is 0 Å². The van der Waals surface area contributed by atoms with Crippen LogP contribution in [0, 0.1) is 10.8 Å². The van der Waals surface area contributed by atoms with Crippen LogP contribution < -0.4 is 21.3 Å². The van der Waals surface area contributed by atoms with Crippen molar-refractivity contribution in [1.29, 1.82) is 0 Å². The summed E-state index contributed by atoms with van der Waals surface area (Å²) in [6.45, 7) is 9.76. The van der Waals surface area contributed by atoms with Crippen LogP contribution in [0.4, 0.5) is 19.2 Å². The van der Waals surface area contributed by atoms with Gasteiger partial charge in [-0.3, -0.25) is 0 Å². The topological polar surface area (TPSA) is 153 Å². The fourth-order valence-electron chi connectivity index (χ4n) is 4.36. The lowest BCUT2D eigenvalue weighted by atomic mass is 9.62. The average molecular weight is 489 g/mol. The summed E-state index contributed by atoms with van der Waals surface area (Å²) in [5.74, 6) is 0. The Morgan fingerprint density at radius 1 is 0.824 bits per heavy atom. The summed E-state index contributed by atoms with van der Waals surface area (Å²) in [6, 6.07) is -0.161. The number of hydrogen-bond acceptors (Lipinski definition) is 8. The number of rotatable bonds is 9. The second-order valence-electron chi connectivity index (χ2n) is 9.88. The zero-order valence-corrected chi connectivity index (χ0v) is 21.2. The SMILES string of the molecule is CNC(=O)OCC(C)OC(=O)NCC1(C)CC(NC(=O)OC(C)COC(=O)NC)CC(C)(C)C1. The number of hydrogen-bond donors (Lipinski definition) is 4. The Morgan fingerprint density at radius 3 is 1.82 bits per heavy atom. The number of alkyl carbamates (subject to hydrolysis) is 4. The lowest BCUT2D eigenvalue weighted by molar-refractivity contribution is 0.0347. The van der Waals surface area contributed by atoms with Crippen LogP contribution in [0.5, 0.6) is 0 Å². The van der Waals surface area contributed by atoms with Crippen LogP contribution in [0.2, 0.25) is 0 Å². The van der Waals surface area contributed by atoms with E-state index in [1.165, 1.54) is 14.1 Å². The average Bonchev–Trinajstić information content (AvgIpc) is 2.72. The molecular weight excluding hydrogens is 448 g/mol. The Hall–Kier alpha value is -2.92. The van der Waals surface area contributed by atoms with Crippen molar-refractivity contribution >= 4 is 24.4 Å². The van der Waals surface area contributed by atoms with Gasteiger partial charge in [-0.1, -0.05) is 20.8 Å². The molecule has 1 fully saturated rings. The first-order chi connectivity index (χ1) is 15.8. The second kappa shape index (κ2) is 13.1. The molecule has 4 unspecified atom stereocenters. The third-order valence-electron chi connectivity index (χ3n) is 5.35. The Kier molecular flexibility index (Phi) is 11.2. The van der Waals surface area contributed by atoms with E-state index in [0.29, 0.717) is 13.0 Å². The van der Waals surface area contributed by atoms with E-state index in [9.17, 15) is 19.2 Å². The van der Waals surface area contributed by atoms with Crippen LogP contribution in [0.25, 0.3) is 0 Å². The van der Waals surface area contributed by atoms with Crippen LogP contribution >= 0.6 is 0 Å². The minimum absolute atomic E-state index is 0.0560. The molecule has 12 nitrogen and oxygen atoms in total. The number of nitrogens with one attached hydrogen (secondary N) is 4. The molecule has 0 saturated heterocycles. The maximum absolute atomic E-state index is 12.4. The van der Waals surface area contributed by atoms with E-state index in [1.807, 2.05) is 6.92 Å². The van der Waals surface area contributed by atoms with Gasteiger partial charge in [0.15, 0.2) is 0 Å². The van der Waals surface area contributed by atoms with E-state index in [4.69, 9.17) is 18.9 Å². The summed E-state index contributed by atoms with van der Waals surface area (Å²) in [7, 11) is 2.89. The van der Waals surface area contributed by atoms with Gasteiger partial charge in [0, 0.05) is 26.7 Å². The van der Waals surface area contributed by atoms with E-state index < -0.39 is 36.6 Å². The largest absolute Gasteiger partial charge is 0.446 e. The first-order valence-electron chi connectivity index (χ1n) is 11.4. The Bertz CT molecular complexity index is 717. The van der Waals surface area contributed by atoms with E-state index in [-0.39, 0.29) is 30.1 Å². The molecule has 12 heteroatoms. The monoisotopic (exact) mass is 488 g/mol. The molecule has 0 aliphatic heterocycles. The van der Waals surface area contributed by atoms with E-state index in [2.05, 4.69) is 35.1 Å². The van der Waals surface area contributed by atoms with Crippen LogP contribution in [0.1, 0.15) is 53.9 Å². The highest BCUT2D eigenvalue weighted by Crippen LogP contribution is 2.45. The number of carbonyl (C=O) groups is 4. The van der Waals surface area contributed by atoms with Crippen molar-refractivity contribution in [2.24, 2.45) is 10.8 Å². The first kappa shape index (κ1) is 29.1. The number of amides is 4. The van der Waals surface area contributed by atoms with Gasteiger partial charge in [0.2, 0.25) is 0 Å². The van der Waals surface area contributed by atoms with E-state index in [0.717, 1.165) is 12.8 Å². The Balaban J connectivity index is 2.56. The third kappa shape index (κ3) is 11.3. The molecule has 4 amide bonds. The van der Waals surface area contributed by atoms with Crippen molar-refractivity contribution < 1.29 is 38.1 Å². The van der Waals surface area contributed by atoms with Gasteiger partial charge in [-0.05, 0) is 43.9 Å². The van der Waals surface area contributed by atoms with Gasteiger partial charge < -0.3 is 40.2 Å². The standard InChI is InChI=1S/C22H40N4O8/c1-14(10-31-17(27)23-6)33-19(29)25-13-22(5)9-16(8-21(3,4)12-22)26-20(30)34-15(2)11-32-18(28)24-7/h14-16H,8-13H2,1-7H3,(H,23,27)(H,24,28)(H,25,29)(H,26,30). The zero-order chi connectivity index (χ0) is 25.9. The van der Waals surface area contributed by atoms with Gasteiger partial charge in [-0.15, -0.1) is 0 Å². The summed E-state index contributed by atoms with van der Waals surface area (Å²) >= 11 is 0. The number of ether oxygens (including phenoxy) is 4. The molecule has 0 aromatic heterocycles. The minimum Gasteiger partial charge on any atom is -0.446 e. The van der Waals surface area contributed by atoms with Crippen LogP contribution in [-0.4, -0.2) is 76.5 Å². The summed E-state index contributed by atoms with van der Waals surface area (Å²) in [5, 5.41) is 10.3. The maximum Gasteiger partial charge on any atom is 0.407 e. The molecular formula is C22H40N4O8. The summed E-state index contributed by atoms with van der Waals surface area (Å²) < 4.78 is 20.3. The molecule has 0 aromatic rings.